The van der Waals surface area contributed by atoms with Gasteiger partial charge in [0.15, 0.2) is 0 Å². The van der Waals surface area contributed by atoms with E-state index in [0.717, 1.165) is 31.2 Å². The fraction of sp³-hybridized carbons (Fsp3) is 0.500. The molecule has 3 nitrogen and oxygen atoms in total. The van der Waals surface area contributed by atoms with Crippen LogP contribution >= 0.6 is 22.7 Å². The predicted molar refractivity (Wildman–Crippen MR) is 82.5 cm³/mol. The summed E-state index contributed by atoms with van der Waals surface area (Å²) in [4.78, 5) is 8.38. The highest BCUT2D eigenvalue weighted by Crippen LogP contribution is 2.32. The Bertz CT molecular complexity index is 535. The molecule has 2 N–H and O–H groups in total. The first-order valence-corrected chi connectivity index (χ1v) is 8.34. The molecular formula is C14H19N3S2. The summed E-state index contributed by atoms with van der Waals surface area (Å²) in [6, 6.07) is 2.13. The van der Waals surface area contributed by atoms with Crippen LogP contribution in [0.2, 0.25) is 0 Å². The molecule has 3 heterocycles. The van der Waals surface area contributed by atoms with Crippen LogP contribution in [0.1, 0.15) is 18.2 Å². The van der Waals surface area contributed by atoms with Crippen LogP contribution in [0.15, 0.2) is 23.0 Å². The summed E-state index contributed by atoms with van der Waals surface area (Å²) >= 11 is 3.53. The van der Waals surface area contributed by atoms with E-state index in [2.05, 4.69) is 33.6 Å². The largest absolute Gasteiger partial charge is 0.330 e. The Balaban J connectivity index is 1.65. The Labute approximate surface area is 122 Å². The maximum atomic E-state index is 5.86. The van der Waals surface area contributed by atoms with Crippen molar-refractivity contribution in [2.24, 2.45) is 11.1 Å². The standard InChI is InChI=1S/C14H19N3S2/c1-14(9-15)3-4-17(10-14)7-12-6-16-13(19-12)11-2-5-18-8-11/h2,5-6,8H,3-4,7,9-10,15H2,1H3. The number of nitrogens with two attached hydrogens (primary N) is 1. The van der Waals surface area contributed by atoms with Crippen LogP contribution in [-0.4, -0.2) is 29.5 Å². The van der Waals surface area contributed by atoms with E-state index in [1.165, 1.54) is 16.9 Å². The molecule has 0 amide bonds. The minimum absolute atomic E-state index is 0.306. The minimum atomic E-state index is 0.306. The third-order valence-electron chi connectivity index (χ3n) is 3.83. The van der Waals surface area contributed by atoms with Crippen LogP contribution in [0.3, 0.4) is 0 Å². The van der Waals surface area contributed by atoms with E-state index < -0.39 is 0 Å². The molecule has 19 heavy (non-hydrogen) atoms. The number of hydrogen-bond acceptors (Lipinski definition) is 5. The molecule has 1 saturated heterocycles. The first-order valence-electron chi connectivity index (χ1n) is 6.58. The smallest absolute Gasteiger partial charge is 0.124 e. The molecular weight excluding hydrogens is 274 g/mol. The lowest BCUT2D eigenvalue weighted by atomic mass is 9.90. The van der Waals surface area contributed by atoms with E-state index in [1.807, 2.05) is 17.5 Å². The number of rotatable bonds is 4. The quantitative estimate of drug-likeness (QED) is 0.942. The van der Waals surface area contributed by atoms with Crippen LogP contribution in [0.5, 0.6) is 0 Å². The van der Waals surface area contributed by atoms with Gasteiger partial charge in [0, 0.05) is 35.1 Å². The number of likely N-dealkylation sites (tertiary alicyclic amines) is 1. The zero-order valence-electron chi connectivity index (χ0n) is 11.1. The molecule has 5 heteroatoms. The van der Waals surface area contributed by atoms with Gasteiger partial charge < -0.3 is 5.73 Å². The molecule has 1 fully saturated rings. The van der Waals surface area contributed by atoms with Crippen molar-refractivity contribution in [3.05, 3.63) is 27.9 Å². The van der Waals surface area contributed by atoms with E-state index >= 15 is 0 Å². The molecule has 1 atom stereocenters. The molecule has 0 aliphatic carbocycles. The van der Waals surface area contributed by atoms with Crippen molar-refractivity contribution >= 4 is 22.7 Å². The van der Waals surface area contributed by atoms with Gasteiger partial charge in [-0.15, -0.1) is 11.3 Å². The summed E-state index contributed by atoms with van der Waals surface area (Å²) in [5.41, 5.74) is 7.41. The zero-order valence-corrected chi connectivity index (χ0v) is 12.8. The molecule has 0 aromatic carbocycles. The maximum Gasteiger partial charge on any atom is 0.124 e. The number of hydrogen-bond donors (Lipinski definition) is 1. The van der Waals surface area contributed by atoms with Crippen molar-refractivity contribution in [2.45, 2.75) is 19.9 Å². The number of thiophene rings is 1. The Morgan fingerprint density at radius 1 is 1.53 bits per heavy atom. The molecule has 102 valence electrons. The molecule has 0 saturated carbocycles. The normalized spacial score (nSPS) is 24.1. The summed E-state index contributed by atoms with van der Waals surface area (Å²) in [6.45, 7) is 6.34. The van der Waals surface area contributed by atoms with Gasteiger partial charge in [0.25, 0.3) is 0 Å². The summed E-state index contributed by atoms with van der Waals surface area (Å²) in [6.07, 6.45) is 3.23. The van der Waals surface area contributed by atoms with Crippen LogP contribution in [0.4, 0.5) is 0 Å². The second kappa shape index (κ2) is 5.32. The van der Waals surface area contributed by atoms with Crippen LogP contribution in [0.25, 0.3) is 10.6 Å². The third kappa shape index (κ3) is 2.89. The molecule has 0 radical (unpaired) electrons. The van der Waals surface area contributed by atoms with Gasteiger partial charge in [0.05, 0.1) is 0 Å². The summed E-state index contributed by atoms with van der Waals surface area (Å²) < 4.78 is 0. The number of thiazole rings is 1. The van der Waals surface area contributed by atoms with Gasteiger partial charge in [-0.1, -0.05) is 6.92 Å². The van der Waals surface area contributed by atoms with Crippen molar-refractivity contribution in [1.82, 2.24) is 9.88 Å². The average Bonchev–Trinajstić information content (AvgIpc) is 3.11. The first-order chi connectivity index (χ1) is 9.18. The van der Waals surface area contributed by atoms with E-state index in [9.17, 15) is 0 Å². The van der Waals surface area contributed by atoms with Crippen LogP contribution in [-0.2, 0) is 6.54 Å². The highest BCUT2D eigenvalue weighted by atomic mass is 32.1. The average molecular weight is 293 g/mol. The van der Waals surface area contributed by atoms with E-state index in [-0.39, 0.29) is 0 Å². The topological polar surface area (TPSA) is 42.1 Å². The lowest BCUT2D eigenvalue weighted by Gasteiger charge is -2.22. The first kappa shape index (κ1) is 13.2. The molecule has 1 aliphatic heterocycles. The van der Waals surface area contributed by atoms with Gasteiger partial charge >= 0.3 is 0 Å². The Kier molecular flexibility index (Phi) is 3.71. The van der Waals surface area contributed by atoms with Crippen LogP contribution in [0, 0.1) is 5.41 Å². The lowest BCUT2D eigenvalue weighted by Crippen LogP contribution is -2.30. The highest BCUT2D eigenvalue weighted by Gasteiger charge is 2.32. The zero-order chi connectivity index (χ0) is 13.3. The van der Waals surface area contributed by atoms with Gasteiger partial charge in [-0.05, 0) is 36.4 Å². The monoisotopic (exact) mass is 293 g/mol. The predicted octanol–water partition coefficient (Wildman–Crippen LogP) is 3.04. The van der Waals surface area contributed by atoms with E-state index in [4.69, 9.17) is 5.73 Å². The lowest BCUT2D eigenvalue weighted by molar-refractivity contribution is 0.276. The highest BCUT2D eigenvalue weighted by molar-refractivity contribution is 7.15. The van der Waals surface area contributed by atoms with Crippen molar-refractivity contribution in [2.75, 3.05) is 19.6 Å². The van der Waals surface area contributed by atoms with Crippen molar-refractivity contribution in [3.63, 3.8) is 0 Å². The molecule has 2 aromatic rings. The fourth-order valence-electron chi connectivity index (χ4n) is 2.55. The number of aromatic nitrogens is 1. The van der Waals surface area contributed by atoms with Gasteiger partial charge in [0.2, 0.25) is 0 Å². The molecule has 2 aromatic heterocycles. The summed E-state index contributed by atoms with van der Waals surface area (Å²) in [7, 11) is 0. The SMILES string of the molecule is CC1(CN)CCN(Cc2cnc(-c3ccsc3)s2)C1. The van der Waals surface area contributed by atoms with Crippen LogP contribution < -0.4 is 5.73 Å². The second-order valence-electron chi connectivity index (χ2n) is 5.62. The molecule has 1 unspecified atom stereocenters. The van der Waals surface area contributed by atoms with Gasteiger partial charge in [-0.25, -0.2) is 4.98 Å². The van der Waals surface area contributed by atoms with Gasteiger partial charge in [-0.2, -0.15) is 11.3 Å². The summed E-state index contributed by atoms with van der Waals surface area (Å²) in [5, 5.41) is 5.39. The van der Waals surface area contributed by atoms with Gasteiger partial charge in [0.1, 0.15) is 5.01 Å². The Hall–Kier alpha value is -0.750. The fourth-order valence-corrected chi connectivity index (χ4v) is 4.21. The number of nitrogens with zero attached hydrogens (tertiary/aromatic N) is 2. The van der Waals surface area contributed by atoms with E-state index in [0.29, 0.717) is 5.41 Å². The van der Waals surface area contributed by atoms with Crippen molar-refractivity contribution < 1.29 is 0 Å². The molecule has 3 rings (SSSR count). The van der Waals surface area contributed by atoms with Crippen molar-refractivity contribution in [3.8, 4) is 10.6 Å². The minimum Gasteiger partial charge on any atom is -0.330 e. The third-order valence-corrected chi connectivity index (χ3v) is 5.55. The molecule has 0 spiro atoms. The maximum absolute atomic E-state index is 5.86. The molecule has 0 bridgehead atoms. The van der Waals surface area contributed by atoms with Gasteiger partial charge in [-0.3, -0.25) is 4.90 Å². The van der Waals surface area contributed by atoms with E-state index in [1.54, 1.807) is 11.3 Å². The second-order valence-corrected chi connectivity index (χ2v) is 7.51. The Morgan fingerprint density at radius 3 is 3.11 bits per heavy atom. The summed E-state index contributed by atoms with van der Waals surface area (Å²) in [5.74, 6) is 0. The van der Waals surface area contributed by atoms with Crippen molar-refractivity contribution in [1.29, 1.82) is 0 Å². The molecule has 1 aliphatic rings. The Morgan fingerprint density at radius 2 is 2.42 bits per heavy atom.